The van der Waals surface area contributed by atoms with Crippen LogP contribution in [0.1, 0.15) is 46.4 Å². The largest absolute Gasteiger partial charge is 0.352 e. The predicted molar refractivity (Wildman–Crippen MR) is 125 cm³/mol. The summed E-state index contributed by atoms with van der Waals surface area (Å²) in [7, 11) is 0. The van der Waals surface area contributed by atoms with Crippen LogP contribution in [-0.4, -0.2) is 28.2 Å². The number of hydrogen-bond donors (Lipinski definition) is 1. The van der Waals surface area contributed by atoms with E-state index in [0.29, 0.717) is 26.1 Å². The molecule has 6 heteroatoms. The van der Waals surface area contributed by atoms with E-state index in [1.54, 1.807) is 11.3 Å². The highest BCUT2D eigenvalue weighted by molar-refractivity contribution is 7.08. The average Bonchev–Trinajstić information content (AvgIpc) is 3.48. The maximum Gasteiger partial charge on any atom is 0.233 e. The van der Waals surface area contributed by atoms with Crippen LogP contribution < -0.4 is 5.32 Å². The molecule has 1 aliphatic carbocycles. The molecule has 2 amide bonds. The van der Waals surface area contributed by atoms with E-state index in [0.717, 1.165) is 47.2 Å². The number of rotatable bonds is 6. The molecule has 3 aromatic rings. The van der Waals surface area contributed by atoms with E-state index >= 15 is 0 Å². The second-order valence-corrected chi connectivity index (χ2v) is 9.62. The Kier molecular flexibility index (Phi) is 5.55. The van der Waals surface area contributed by atoms with Gasteiger partial charge in [0, 0.05) is 31.5 Å². The van der Waals surface area contributed by atoms with Gasteiger partial charge in [0.25, 0.3) is 0 Å². The summed E-state index contributed by atoms with van der Waals surface area (Å²) in [5, 5.41) is 7.05. The first-order valence-corrected chi connectivity index (χ1v) is 12.1. The van der Waals surface area contributed by atoms with E-state index < -0.39 is 0 Å². The molecule has 1 aliphatic heterocycles. The highest BCUT2D eigenvalue weighted by Crippen LogP contribution is 2.50. The number of amides is 2. The monoisotopic (exact) mass is 445 g/mol. The SMILES string of the molecule is Cc1ncc2c(c1CNC(=O)Cc1ccsc1)CCN(C(=O)C1(c3ccccc3)CC1)C2. The minimum Gasteiger partial charge on any atom is -0.352 e. The van der Waals surface area contributed by atoms with Gasteiger partial charge in [0.2, 0.25) is 11.8 Å². The number of benzene rings is 1. The molecule has 1 N–H and O–H groups in total. The third-order valence-corrected chi connectivity index (χ3v) is 7.51. The zero-order valence-corrected chi connectivity index (χ0v) is 19.1. The lowest BCUT2D eigenvalue weighted by Crippen LogP contribution is -2.42. The van der Waals surface area contributed by atoms with Gasteiger partial charge < -0.3 is 10.2 Å². The molecule has 5 nitrogen and oxygen atoms in total. The van der Waals surface area contributed by atoms with Crippen molar-refractivity contribution in [2.75, 3.05) is 6.54 Å². The molecule has 164 valence electrons. The molecule has 5 rings (SSSR count). The maximum atomic E-state index is 13.5. The molecule has 2 aromatic heterocycles. The van der Waals surface area contributed by atoms with Gasteiger partial charge in [-0.25, -0.2) is 0 Å². The van der Waals surface area contributed by atoms with E-state index in [9.17, 15) is 9.59 Å². The third-order valence-electron chi connectivity index (χ3n) is 6.78. The van der Waals surface area contributed by atoms with Gasteiger partial charge in [-0.2, -0.15) is 11.3 Å². The van der Waals surface area contributed by atoms with Crippen LogP contribution in [0.2, 0.25) is 0 Å². The van der Waals surface area contributed by atoms with E-state index in [4.69, 9.17) is 0 Å². The minimum atomic E-state index is -0.338. The Morgan fingerprint density at radius 2 is 2.00 bits per heavy atom. The Balaban J connectivity index is 1.29. The molecule has 2 aliphatic rings. The molecular formula is C26H27N3O2S. The van der Waals surface area contributed by atoms with Gasteiger partial charge in [-0.1, -0.05) is 30.3 Å². The van der Waals surface area contributed by atoms with Crippen molar-refractivity contribution in [3.8, 4) is 0 Å². The molecule has 0 spiro atoms. The number of hydrogen-bond acceptors (Lipinski definition) is 4. The summed E-state index contributed by atoms with van der Waals surface area (Å²) in [5.74, 6) is 0.257. The Hall–Kier alpha value is -2.99. The molecule has 32 heavy (non-hydrogen) atoms. The van der Waals surface area contributed by atoms with Gasteiger partial charge in [-0.3, -0.25) is 14.6 Å². The van der Waals surface area contributed by atoms with Crippen molar-refractivity contribution in [2.24, 2.45) is 0 Å². The van der Waals surface area contributed by atoms with Crippen LogP contribution >= 0.6 is 11.3 Å². The number of thiophene rings is 1. The van der Waals surface area contributed by atoms with Gasteiger partial charge in [0.05, 0.1) is 11.8 Å². The van der Waals surface area contributed by atoms with Crippen molar-refractivity contribution in [1.29, 1.82) is 0 Å². The van der Waals surface area contributed by atoms with E-state index in [2.05, 4.69) is 22.4 Å². The molecule has 0 atom stereocenters. The van der Waals surface area contributed by atoms with Gasteiger partial charge >= 0.3 is 0 Å². The van der Waals surface area contributed by atoms with Crippen LogP contribution in [0.5, 0.6) is 0 Å². The van der Waals surface area contributed by atoms with Crippen molar-refractivity contribution < 1.29 is 9.59 Å². The number of nitrogens with one attached hydrogen (secondary N) is 1. The van der Waals surface area contributed by atoms with Crippen LogP contribution in [0.3, 0.4) is 0 Å². The van der Waals surface area contributed by atoms with Crippen LogP contribution in [0.25, 0.3) is 0 Å². The number of aromatic nitrogens is 1. The van der Waals surface area contributed by atoms with Crippen LogP contribution in [-0.2, 0) is 40.9 Å². The Morgan fingerprint density at radius 1 is 1.19 bits per heavy atom. The molecule has 0 radical (unpaired) electrons. The van der Waals surface area contributed by atoms with Crippen LogP contribution in [0.4, 0.5) is 0 Å². The lowest BCUT2D eigenvalue weighted by atomic mass is 9.91. The zero-order valence-electron chi connectivity index (χ0n) is 18.3. The first kappa shape index (κ1) is 20.9. The molecule has 0 bridgehead atoms. The fraction of sp³-hybridized carbons (Fsp3) is 0.346. The highest BCUT2D eigenvalue weighted by Gasteiger charge is 2.53. The highest BCUT2D eigenvalue weighted by atomic mass is 32.1. The average molecular weight is 446 g/mol. The molecular weight excluding hydrogens is 418 g/mol. The number of pyridine rings is 1. The molecule has 0 unspecified atom stereocenters. The minimum absolute atomic E-state index is 0.0200. The van der Waals surface area contributed by atoms with Crippen molar-refractivity contribution >= 4 is 23.2 Å². The van der Waals surface area contributed by atoms with Gasteiger partial charge in [0.15, 0.2) is 0 Å². The molecule has 1 saturated carbocycles. The first-order valence-electron chi connectivity index (χ1n) is 11.2. The lowest BCUT2D eigenvalue weighted by Gasteiger charge is -2.33. The van der Waals surface area contributed by atoms with Crippen molar-refractivity contribution in [2.45, 2.75) is 51.1 Å². The van der Waals surface area contributed by atoms with Gasteiger partial charge in [-0.15, -0.1) is 0 Å². The molecule has 0 saturated heterocycles. The fourth-order valence-electron chi connectivity index (χ4n) is 4.77. The second kappa shape index (κ2) is 8.51. The number of carbonyl (C=O) groups excluding carboxylic acids is 2. The topological polar surface area (TPSA) is 62.3 Å². The van der Waals surface area contributed by atoms with Gasteiger partial charge in [0.1, 0.15) is 0 Å². The third kappa shape index (κ3) is 3.95. The predicted octanol–water partition coefficient (Wildman–Crippen LogP) is 3.93. The second-order valence-electron chi connectivity index (χ2n) is 8.84. The van der Waals surface area contributed by atoms with Crippen molar-refractivity contribution in [1.82, 2.24) is 15.2 Å². The molecule has 1 fully saturated rings. The summed E-state index contributed by atoms with van der Waals surface area (Å²) >= 11 is 1.60. The summed E-state index contributed by atoms with van der Waals surface area (Å²) in [6, 6.07) is 12.2. The molecule has 1 aromatic carbocycles. The number of nitrogens with zero attached hydrogens (tertiary/aromatic N) is 2. The molecule has 3 heterocycles. The summed E-state index contributed by atoms with van der Waals surface area (Å²) in [6.45, 7) is 3.77. The summed E-state index contributed by atoms with van der Waals surface area (Å²) < 4.78 is 0. The Morgan fingerprint density at radius 3 is 2.72 bits per heavy atom. The van der Waals surface area contributed by atoms with E-state index in [1.165, 1.54) is 5.56 Å². The summed E-state index contributed by atoms with van der Waals surface area (Å²) in [5.41, 5.74) is 6.21. The summed E-state index contributed by atoms with van der Waals surface area (Å²) in [4.78, 5) is 32.4. The Bertz CT molecular complexity index is 1140. The smallest absolute Gasteiger partial charge is 0.233 e. The van der Waals surface area contributed by atoms with Crippen molar-refractivity contribution in [3.05, 3.63) is 86.9 Å². The van der Waals surface area contributed by atoms with Crippen LogP contribution in [0.15, 0.2) is 53.4 Å². The first-order chi connectivity index (χ1) is 15.6. The number of fused-ring (bicyclic) bond motifs is 1. The van der Waals surface area contributed by atoms with E-state index in [1.807, 2.05) is 53.0 Å². The van der Waals surface area contributed by atoms with Gasteiger partial charge in [-0.05, 0) is 70.8 Å². The number of carbonyl (C=O) groups is 2. The number of aryl methyl sites for hydroxylation is 1. The van der Waals surface area contributed by atoms with Crippen LogP contribution in [0, 0.1) is 6.92 Å². The van der Waals surface area contributed by atoms with Crippen molar-refractivity contribution in [3.63, 3.8) is 0 Å². The normalized spacial score (nSPS) is 16.3. The zero-order chi connectivity index (χ0) is 22.1. The maximum absolute atomic E-state index is 13.5. The summed E-state index contributed by atoms with van der Waals surface area (Å²) in [6.07, 6.45) is 4.95. The Labute approximate surface area is 192 Å². The standard InChI is InChI=1S/C26H27N3O2S/c1-18-23(15-28-24(30)13-19-8-12-32-17-19)22-7-11-29(16-20(22)14-27-18)25(31)26(9-10-26)21-5-3-2-4-6-21/h2-6,8,12,14,17H,7,9-11,13,15-16H2,1H3,(H,28,30). The lowest BCUT2D eigenvalue weighted by molar-refractivity contribution is -0.135. The van der Waals surface area contributed by atoms with E-state index in [-0.39, 0.29) is 17.2 Å². The quantitative estimate of drug-likeness (QED) is 0.625. The fourth-order valence-corrected chi connectivity index (χ4v) is 5.44.